The number of benzene rings is 1. The zero-order chi connectivity index (χ0) is 24.2. The first-order valence-electron chi connectivity index (χ1n) is 11.6. The highest BCUT2D eigenvalue weighted by Gasteiger charge is 2.34. The van der Waals surface area contributed by atoms with Crippen molar-refractivity contribution < 1.29 is 24.1 Å². The molecule has 0 aliphatic carbocycles. The standard InChI is InChI=1S/C26H35NO6/c1-6-32-25(30)19-16-27-20(15-21(19)29)18-14-22(31-5)23(33-11-9-7-8-10-28)12-17(18)13-24(27)26(2,3)4/h12,14-16,24,28H,6-11,13H2,1-5H3. The molecule has 0 radical (unpaired) electrons. The normalized spacial score (nSPS) is 14.9. The Hall–Kier alpha value is -2.80. The smallest absolute Gasteiger partial charge is 0.343 e. The summed E-state index contributed by atoms with van der Waals surface area (Å²) in [6.45, 7) is 9.11. The van der Waals surface area contributed by atoms with E-state index >= 15 is 0 Å². The van der Waals surface area contributed by atoms with Crippen LogP contribution in [-0.2, 0) is 11.2 Å². The van der Waals surface area contributed by atoms with Gasteiger partial charge in [0.1, 0.15) is 5.56 Å². The number of carbonyl (C=O) groups is 1. The van der Waals surface area contributed by atoms with E-state index in [0.717, 1.165) is 42.5 Å². The second kappa shape index (κ2) is 10.4. The minimum atomic E-state index is -0.598. The summed E-state index contributed by atoms with van der Waals surface area (Å²) in [6, 6.07) is 5.47. The summed E-state index contributed by atoms with van der Waals surface area (Å²) >= 11 is 0. The van der Waals surface area contributed by atoms with Crippen LogP contribution in [0.2, 0.25) is 0 Å². The molecule has 33 heavy (non-hydrogen) atoms. The number of ether oxygens (including phenoxy) is 3. The Balaban J connectivity index is 2.07. The number of pyridine rings is 1. The summed E-state index contributed by atoms with van der Waals surface area (Å²) in [5, 5.41) is 8.95. The molecule has 1 aliphatic heterocycles. The number of unbranched alkanes of at least 4 members (excludes halogenated alkanes) is 2. The van der Waals surface area contributed by atoms with E-state index in [0.29, 0.717) is 18.1 Å². The van der Waals surface area contributed by atoms with E-state index in [1.807, 2.05) is 16.7 Å². The summed E-state index contributed by atoms with van der Waals surface area (Å²) in [6.07, 6.45) is 4.88. The molecule has 1 atom stereocenters. The van der Waals surface area contributed by atoms with Crippen molar-refractivity contribution in [3.8, 4) is 22.8 Å². The fourth-order valence-electron chi connectivity index (χ4n) is 4.27. The summed E-state index contributed by atoms with van der Waals surface area (Å²) in [4.78, 5) is 25.2. The highest BCUT2D eigenvalue weighted by Crippen LogP contribution is 2.45. The number of carbonyl (C=O) groups excluding carboxylic acids is 1. The first-order chi connectivity index (χ1) is 15.7. The first-order valence-corrected chi connectivity index (χ1v) is 11.6. The van der Waals surface area contributed by atoms with E-state index in [2.05, 4.69) is 20.8 Å². The lowest BCUT2D eigenvalue weighted by Crippen LogP contribution is -2.33. The fourth-order valence-corrected chi connectivity index (χ4v) is 4.27. The molecule has 0 amide bonds. The zero-order valence-electron chi connectivity index (χ0n) is 20.3. The van der Waals surface area contributed by atoms with Gasteiger partial charge in [-0.05, 0) is 55.7 Å². The predicted molar refractivity (Wildman–Crippen MR) is 127 cm³/mol. The summed E-state index contributed by atoms with van der Waals surface area (Å²) in [5.74, 6) is 0.671. The van der Waals surface area contributed by atoms with Gasteiger partial charge in [0.2, 0.25) is 0 Å². The monoisotopic (exact) mass is 457 g/mol. The summed E-state index contributed by atoms with van der Waals surface area (Å²) < 4.78 is 18.7. The Morgan fingerprint density at radius 3 is 2.55 bits per heavy atom. The van der Waals surface area contributed by atoms with Crippen LogP contribution in [0.25, 0.3) is 11.3 Å². The molecular formula is C26H35NO6. The van der Waals surface area contributed by atoms with Crippen molar-refractivity contribution in [1.82, 2.24) is 4.57 Å². The van der Waals surface area contributed by atoms with Crippen LogP contribution in [0.4, 0.5) is 0 Å². The van der Waals surface area contributed by atoms with Crippen LogP contribution in [0, 0.1) is 5.41 Å². The molecule has 1 aromatic carbocycles. The van der Waals surface area contributed by atoms with Gasteiger partial charge in [-0.2, -0.15) is 0 Å². The average molecular weight is 458 g/mol. The van der Waals surface area contributed by atoms with Crippen LogP contribution in [-0.4, -0.2) is 42.6 Å². The SMILES string of the molecule is CCOC(=O)c1cn2c(cc1=O)-c1cc(OC)c(OCCCCCO)cc1CC2C(C)(C)C. The van der Waals surface area contributed by atoms with Crippen molar-refractivity contribution in [2.75, 3.05) is 26.9 Å². The van der Waals surface area contributed by atoms with Gasteiger partial charge in [-0.15, -0.1) is 0 Å². The van der Waals surface area contributed by atoms with Crippen LogP contribution in [0.3, 0.4) is 0 Å². The second-order valence-corrected chi connectivity index (χ2v) is 9.44. The van der Waals surface area contributed by atoms with Gasteiger partial charge in [0.25, 0.3) is 0 Å². The number of methoxy groups -OCH3 is 1. The van der Waals surface area contributed by atoms with Crippen molar-refractivity contribution in [1.29, 1.82) is 0 Å². The molecule has 1 unspecified atom stereocenters. The van der Waals surface area contributed by atoms with Crippen LogP contribution in [0.15, 0.2) is 29.2 Å². The number of aromatic nitrogens is 1. The van der Waals surface area contributed by atoms with Crippen molar-refractivity contribution in [2.24, 2.45) is 5.41 Å². The molecule has 1 aromatic heterocycles. The van der Waals surface area contributed by atoms with Gasteiger partial charge in [0, 0.05) is 30.5 Å². The van der Waals surface area contributed by atoms with Crippen LogP contribution in [0.1, 0.15) is 68.9 Å². The lowest BCUT2D eigenvalue weighted by Gasteiger charge is -2.39. The molecule has 0 bridgehead atoms. The van der Waals surface area contributed by atoms with Gasteiger partial charge in [0.15, 0.2) is 16.9 Å². The second-order valence-electron chi connectivity index (χ2n) is 9.44. The van der Waals surface area contributed by atoms with Crippen molar-refractivity contribution in [3.63, 3.8) is 0 Å². The summed E-state index contributed by atoms with van der Waals surface area (Å²) in [5.41, 5.74) is 2.29. The minimum absolute atomic E-state index is 0.0274. The summed E-state index contributed by atoms with van der Waals surface area (Å²) in [7, 11) is 1.60. The van der Waals surface area contributed by atoms with E-state index in [1.165, 1.54) is 6.07 Å². The first kappa shape index (κ1) is 24.8. The maximum absolute atomic E-state index is 12.8. The Bertz CT molecular complexity index is 1050. The molecule has 2 heterocycles. The lowest BCUT2D eigenvalue weighted by molar-refractivity contribution is 0.0523. The van der Waals surface area contributed by atoms with Gasteiger partial charge in [-0.1, -0.05) is 20.8 Å². The van der Waals surface area contributed by atoms with E-state index in [1.54, 1.807) is 20.2 Å². The minimum Gasteiger partial charge on any atom is -0.493 e. The van der Waals surface area contributed by atoms with E-state index in [9.17, 15) is 9.59 Å². The van der Waals surface area contributed by atoms with Gasteiger partial charge in [-0.25, -0.2) is 4.79 Å². The molecule has 7 nitrogen and oxygen atoms in total. The molecule has 3 rings (SSSR count). The number of fused-ring (bicyclic) bond motifs is 3. The molecule has 1 aliphatic rings. The third kappa shape index (κ3) is 5.41. The van der Waals surface area contributed by atoms with Gasteiger partial charge < -0.3 is 23.9 Å². The van der Waals surface area contributed by atoms with Crippen molar-refractivity contribution in [2.45, 2.75) is 59.4 Å². The van der Waals surface area contributed by atoms with Gasteiger partial charge in [-0.3, -0.25) is 4.79 Å². The molecule has 0 saturated heterocycles. The molecule has 2 aromatic rings. The van der Waals surface area contributed by atoms with Crippen molar-refractivity contribution in [3.05, 3.63) is 45.7 Å². The van der Waals surface area contributed by atoms with E-state index in [-0.39, 0.29) is 35.7 Å². The van der Waals surface area contributed by atoms with Gasteiger partial charge in [0.05, 0.1) is 26.0 Å². The number of nitrogens with zero attached hydrogens (tertiary/aromatic N) is 1. The number of rotatable bonds is 9. The number of aliphatic hydroxyl groups excluding tert-OH is 1. The average Bonchev–Trinajstić information content (AvgIpc) is 2.77. The van der Waals surface area contributed by atoms with Crippen LogP contribution >= 0.6 is 0 Å². The molecule has 0 fully saturated rings. The highest BCUT2D eigenvalue weighted by molar-refractivity contribution is 5.89. The number of hydrogen-bond donors (Lipinski definition) is 1. The largest absolute Gasteiger partial charge is 0.493 e. The van der Waals surface area contributed by atoms with Crippen LogP contribution in [0.5, 0.6) is 11.5 Å². The third-order valence-corrected chi connectivity index (χ3v) is 6.05. The topological polar surface area (TPSA) is 87.0 Å². The highest BCUT2D eigenvalue weighted by atomic mass is 16.5. The fraction of sp³-hybridized carbons (Fsp3) is 0.538. The molecule has 0 spiro atoms. The molecule has 1 N–H and O–H groups in total. The predicted octanol–water partition coefficient (Wildman–Crippen LogP) is 4.39. The van der Waals surface area contributed by atoms with Gasteiger partial charge >= 0.3 is 5.97 Å². The molecule has 0 saturated carbocycles. The lowest BCUT2D eigenvalue weighted by atomic mass is 9.78. The Kier molecular flexibility index (Phi) is 7.84. The number of esters is 1. The number of hydrogen-bond acceptors (Lipinski definition) is 6. The molecular weight excluding hydrogens is 422 g/mol. The Morgan fingerprint density at radius 2 is 1.91 bits per heavy atom. The zero-order valence-corrected chi connectivity index (χ0v) is 20.3. The maximum atomic E-state index is 12.8. The molecule has 180 valence electrons. The third-order valence-electron chi connectivity index (χ3n) is 6.05. The van der Waals surface area contributed by atoms with E-state index < -0.39 is 5.97 Å². The quantitative estimate of drug-likeness (QED) is 0.444. The van der Waals surface area contributed by atoms with Crippen LogP contribution < -0.4 is 14.9 Å². The molecule has 7 heteroatoms. The maximum Gasteiger partial charge on any atom is 0.343 e. The Morgan fingerprint density at radius 1 is 1.15 bits per heavy atom. The Labute approximate surface area is 195 Å². The van der Waals surface area contributed by atoms with E-state index in [4.69, 9.17) is 19.3 Å². The van der Waals surface area contributed by atoms with Crippen molar-refractivity contribution >= 4 is 5.97 Å². The number of aliphatic hydroxyl groups is 1.